The summed E-state index contributed by atoms with van der Waals surface area (Å²) in [5.41, 5.74) is 2.23. The Bertz CT molecular complexity index is 572. The third-order valence-corrected chi connectivity index (χ3v) is 3.03. The third kappa shape index (κ3) is 2.33. The summed E-state index contributed by atoms with van der Waals surface area (Å²) in [6, 6.07) is 7.33. The standard InChI is InChI=1S/C14H16N2O2/c1-15-5-2-6-16-13(10-18)8-12-4-3-11(9-17)7-14(12)16/h3-4,7-10,15H,2,5-6H2,1H3. The van der Waals surface area contributed by atoms with Gasteiger partial charge in [0.25, 0.3) is 0 Å². The first-order valence-corrected chi connectivity index (χ1v) is 5.98. The number of fused-ring (bicyclic) bond motifs is 1. The molecular formula is C14H16N2O2. The number of aryl methyl sites for hydroxylation is 1. The molecule has 1 aromatic heterocycles. The highest BCUT2D eigenvalue weighted by Gasteiger charge is 2.08. The minimum Gasteiger partial charge on any atom is -0.338 e. The van der Waals surface area contributed by atoms with Crippen molar-refractivity contribution in [3.8, 4) is 0 Å². The summed E-state index contributed by atoms with van der Waals surface area (Å²) in [4.78, 5) is 21.9. The van der Waals surface area contributed by atoms with E-state index in [9.17, 15) is 9.59 Å². The van der Waals surface area contributed by atoms with E-state index in [1.165, 1.54) is 0 Å². The lowest BCUT2D eigenvalue weighted by atomic mass is 10.2. The van der Waals surface area contributed by atoms with Crippen LogP contribution in [0.25, 0.3) is 10.9 Å². The minimum atomic E-state index is 0.632. The smallest absolute Gasteiger partial charge is 0.166 e. The summed E-state index contributed by atoms with van der Waals surface area (Å²) in [5.74, 6) is 0. The third-order valence-electron chi connectivity index (χ3n) is 3.03. The van der Waals surface area contributed by atoms with Gasteiger partial charge in [0.2, 0.25) is 0 Å². The fourth-order valence-corrected chi connectivity index (χ4v) is 2.13. The maximum Gasteiger partial charge on any atom is 0.166 e. The van der Waals surface area contributed by atoms with Crippen LogP contribution in [-0.4, -0.2) is 30.7 Å². The van der Waals surface area contributed by atoms with Crippen molar-refractivity contribution in [3.05, 3.63) is 35.5 Å². The highest BCUT2D eigenvalue weighted by Crippen LogP contribution is 2.20. The van der Waals surface area contributed by atoms with Crippen LogP contribution in [0.3, 0.4) is 0 Å². The molecule has 0 aliphatic heterocycles. The lowest BCUT2D eigenvalue weighted by Crippen LogP contribution is -2.12. The molecule has 2 rings (SSSR count). The van der Waals surface area contributed by atoms with Gasteiger partial charge in [-0.05, 0) is 32.1 Å². The molecule has 4 nitrogen and oxygen atoms in total. The van der Waals surface area contributed by atoms with Crippen LogP contribution in [-0.2, 0) is 6.54 Å². The van der Waals surface area contributed by atoms with E-state index in [0.717, 1.165) is 43.0 Å². The Labute approximate surface area is 106 Å². The molecule has 0 unspecified atom stereocenters. The maximum absolute atomic E-state index is 11.1. The summed E-state index contributed by atoms with van der Waals surface area (Å²) in [6.07, 6.45) is 2.62. The van der Waals surface area contributed by atoms with Crippen LogP contribution in [0, 0.1) is 0 Å². The van der Waals surface area contributed by atoms with Crippen molar-refractivity contribution in [2.45, 2.75) is 13.0 Å². The van der Waals surface area contributed by atoms with Gasteiger partial charge in [0.05, 0.1) is 5.69 Å². The van der Waals surface area contributed by atoms with Crippen molar-refractivity contribution in [1.29, 1.82) is 0 Å². The van der Waals surface area contributed by atoms with Gasteiger partial charge in [0, 0.05) is 23.0 Å². The van der Waals surface area contributed by atoms with E-state index in [2.05, 4.69) is 5.32 Å². The molecule has 4 heteroatoms. The zero-order valence-electron chi connectivity index (χ0n) is 10.3. The number of hydrogen-bond acceptors (Lipinski definition) is 3. The van der Waals surface area contributed by atoms with Gasteiger partial charge in [0.1, 0.15) is 6.29 Å². The van der Waals surface area contributed by atoms with E-state index < -0.39 is 0 Å². The van der Waals surface area contributed by atoms with Crippen LogP contribution in [0.5, 0.6) is 0 Å². The van der Waals surface area contributed by atoms with Crippen LogP contribution in [0.15, 0.2) is 24.3 Å². The molecule has 0 spiro atoms. The van der Waals surface area contributed by atoms with Crippen molar-refractivity contribution in [2.75, 3.05) is 13.6 Å². The molecule has 0 amide bonds. The number of carbonyl (C=O) groups excluding carboxylic acids is 2. The predicted octanol–water partition coefficient (Wildman–Crippen LogP) is 1.88. The average molecular weight is 244 g/mol. The number of benzene rings is 1. The highest BCUT2D eigenvalue weighted by atomic mass is 16.1. The SMILES string of the molecule is CNCCCn1c(C=O)cc2ccc(C=O)cc21. The molecule has 2 aromatic rings. The molecule has 18 heavy (non-hydrogen) atoms. The van der Waals surface area contributed by atoms with E-state index in [-0.39, 0.29) is 0 Å². The van der Waals surface area contributed by atoms with Crippen LogP contribution in [0.1, 0.15) is 27.3 Å². The van der Waals surface area contributed by atoms with Crippen molar-refractivity contribution in [2.24, 2.45) is 0 Å². The zero-order chi connectivity index (χ0) is 13.0. The minimum absolute atomic E-state index is 0.632. The van der Waals surface area contributed by atoms with Crippen LogP contribution in [0.4, 0.5) is 0 Å². The number of nitrogens with zero attached hydrogens (tertiary/aromatic N) is 1. The fraction of sp³-hybridized carbons (Fsp3) is 0.286. The Kier molecular flexibility index (Phi) is 3.89. The first kappa shape index (κ1) is 12.5. The van der Waals surface area contributed by atoms with Crippen molar-refractivity contribution in [1.82, 2.24) is 9.88 Å². The topological polar surface area (TPSA) is 51.1 Å². The van der Waals surface area contributed by atoms with Crippen molar-refractivity contribution in [3.63, 3.8) is 0 Å². The van der Waals surface area contributed by atoms with Gasteiger partial charge in [-0.1, -0.05) is 12.1 Å². The van der Waals surface area contributed by atoms with Gasteiger partial charge in [-0.2, -0.15) is 0 Å². The van der Waals surface area contributed by atoms with E-state index >= 15 is 0 Å². The van der Waals surface area contributed by atoms with Crippen LogP contribution >= 0.6 is 0 Å². The van der Waals surface area contributed by atoms with Gasteiger partial charge in [0.15, 0.2) is 6.29 Å². The summed E-state index contributed by atoms with van der Waals surface area (Å²) in [7, 11) is 1.90. The molecule has 0 radical (unpaired) electrons. The molecule has 0 aliphatic carbocycles. The van der Waals surface area contributed by atoms with Gasteiger partial charge in [-0.25, -0.2) is 0 Å². The number of hydrogen-bond donors (Lipinski definition) is 1. The van der Waals surface area contributed by atoms with E-state index in [1.807, 2.05) is 29.8 Å². The summed E-state index contributed by atoms with van der Waals surface area (Å²) >= 11 is 0. The Morgan fingerprint density at radius 3 is 2.72 bits per heavy atom. The second-order valence-corrected chi connectivity index (χ2v) is 4.23. The zero-order valence-corrected chi connectivity index (χ0v) is 10.3. The van der Waals surface area contributed by atoms with E-state index in [0.29, 0.717) is 11.3 Å². The Morgan fingerprint density at radius 2 is 2.06 bits per heavy atom. The first-order chi connectivity index (χ1) is 8.80. The lowest BCUT2D eigenvalue weighted by molar-refractivity contribution is 0.111. The molecule has 0 aliphatic rings. The molecular weight excluding hydrogens is 228 g/mol. The van der Waals surface area contributed by atoms with Gasteiger partial charge in [-0.15, -0.1) is 0 Å². The van der Waals surface area contributed by atoms with Gasteiger partial charge < -0.3 is 9.88 Å². The normalized spacial score (nSPS) is 10.7. The molecule has 0 saturated carbocycles. The lowest BCUT2D eigenvalue weighted by Gasteiger charge is -2.07. The largest absolute Gasteiger partial charge is 0.338 e. The quantitative estimate of drug-likeness (QED) is 0.623. The van der Waals surface area contributed by atoms with Crippen LogP contribution < -0.4 is 5.32 Å². The number of nitrogens with one attached hydrogen (secondary N) is 1. The fourth-order valence-electron chi connectivity index (χ4n) is 2.13. The summed E-state index contributed by atoms with van der Waals surface area (Å²) in [6.45, 7) is 1.66. The van der Waals surface area contributed by atoms with Crippen LogP contribution in [0.2, 0.25) is 0 Å². The van der Waals surface area contributed by atoms with Gasteiger partial charge in [-0.3, -0.25) is 9.59 Å². The number of rotatable bonds is 6. The number of aromatic nitrogens is 1. The maximum atomic E-state index is 11.1. The molecule has 0 fully saturated rings. The highest BCUT2D eigenvalue weighted by molar-refractivity contribution is 5.92. The Balaban J connectivity index is 2.45. The molecule has 1 heterocycles. The van der Waals surface area contributed by atoms with E-state index in [4.69, 9.17) is 0 Å². The summed E-state index contributed by atoms with van der Waals surface area (Å²) in [5, 5.41) is 4.07. The number of carbonyl (C=O) groups is 2. The molecule has 1 aromatic carbocycles. The molecule has 94 valence electrons. The van der Waals surface area contributed by atoms with Crippen molar-refractivity contribution < 1.29 is 9.59 Å². The predicted molar refractivity (Wildman–Crippen MR) is 71.3 cm³/mol. The number of aldehydes is 2. The monoisotopic (exact) mass is 244 g/mol. The second kappa shape index (κ2) is 5.60. The van der Waals surface area contributed by atoms with Gasteiger partial charge >= 0.3 is 0 Å². The summed E-state index contributed by atoms with van der Waals surface area (Å²) < 4.78 is 1.96. The second-order valence-electron chi connectivity index (χ2n) is 4.23. The first-order valence-electron chi connectivity index (χ1n) is 5.98. The molecule has 0 bridgehead atoms. The Hall–Kier alpha value is -1.94. The molecule has 0 saturated heterocycles. The molecule has 0 atom stereocenters. The van der Waals surface area contributed by atoms with E-state index in [1.54, 1.807) is 6.07 Å². The van der Waals surface area contributed by atoms with Crippen molar-refractivity contribution >= 4 is 23.5 Å². The molecule has 1 N–H and O–H groups in total. The Morgan fingerprint density at radius 1 is 1.22 bits per heavy atom. The average Bonchev–Trinajstić information content (AvgIpc) is 2.76.